The number of imidazole rings is 1. The zero-order valence-corrected chi connectivity index (χ0v) is 20.6. The summed E-state index contributed by atoms with van der Waals surface area (Å²) in [5.41, 5.74) is 5.66. The van der Waals surface area contributed by atoms with Gasteiger partial charge in [-0.3, -0.25) is 0 Å². The van der Waals surface area contributed by atoms with Gasteiger partial charge in [-0.05, 0) is 81.8 Å². The summed E-state index contributed by atoms with van der Waals surface area (Å²) in [7, 11) is 0. The normalized spacial score (nSPS) is 22.5. The second-order valence-electron chi connectivity index (χ2n) is 9.81. The molecule has 2 aromatic heterocycles. The van der Waals surface area contributed by atoms with E-state index >= 15 is 0 Å². The van der Waals surface area contributed by atoms with Gasteiger partial charge in [-0.2, -0.15) is 0 Å². The van der Waals surface area contributed by atoms with Crippen LogP contribution in [0.2, 0.25) is 5.02 Å². The van der Waals surface area contributed by atoms with Crippen molar-refractivity contribution in [2.45, 2.75) is 64.1 Å². The molecule has 1 aliphatic heterocycles. The Kier molecular flexibility index (Phi) is 5.57. The molecule has 35 heavy (non-hydrogen) atoms. The van der Waals surface area contributed by atoms with E-state index in [1.54, 1.807) is 6.07 Å². The van der Waals surface area contributed by atoms with Crippen molar-refractivity contribution in [3.05, 3.63) is 64.5 Å². The largest absolute Gasteiger partial charge is 0.393 e. The first-order valence-corrected chi connectivity index (χ1v) is 12.6. The van der Waals surface area contributed by atoms with Crippen molar-refractivity contribution in [3.63, 3.8) is 0 Å². The third-order valence-corrected chi connectivity index (χ3v) is 7.87. The maximum absolute atomic E-state index is 14.3. The Morgan fingerprint density at radius 2 is 1.97 bits per heavy atom. The number of rotatable bonds is 4. The number of halogens is 2. The maximum atomic E-state index is 14.3. The topological polar surface area (TPSA) is 67.3 Å². The van der Waals surface area contributed by atoms with Gasteiger partial charge in [-0.25, -0.2) is 9.37 Å². The van der Waals surface area contributed by atoms with Crippen molar-refractivity contribution in [1.82, 2.24) is 14.7 Å². The molecule has 182 valence electrons. The van der Waals surface area contributed by atoms with Crippen LogP contribution in [0, 0.1) is 19.7 Å². The molecule has 8 heteroatoms. The van der Waals surface area contributed by atoms with Gasteiger partial charge in [0.25, 0.3) is 0 Å². The lowest BCUT2D eigenvalue weighted by molar-refractivity contribution is 0.178. The Labute approximate surface area is 208 Å². The number of aryl methyl sites for hydroxylation is 2. The summed E-state index contributed by atoms with van der Waals surface area (Å²) in [6, 6.07) is 11.5. The van der Waals surface area contributed by atoms with E-state index in [9.17, 15) is 9.50 Å². The first-order valence-electron chi connectivity index (χ1n) is 12.3. The standard InChI is InChI=1S/C27H28ClFN4O2/c1-15-26(16(2)35-31-15)17-5-10-24-23(12-17)30-27(33(24)19-6-8-20(34)13-19)25-4-3-11-32(25)18-7-9-21(28)22(29)14-18/h5,7,9-10,12,14,19-20,25,34H,3-4,6,8,11,13H2,1-2H3/t19-,20-,25+/m1/s1. The molecule has 4 aromatic rings. The highest BCUT2D eigenvalue weighted by molar-refractivity contribution is 6.30. The summed E-state index contributed by atoms with van der Waals surface area (Å²) in [6.07, 6.45) is 4.05. The fraction of sp³-hybridized carbons (Fsp3) is 0.407. The fourth-order valence-corrected chi connectivity index (χ4v) is 6.08. The van der Waals surface area contributed by atoms with Gasteiger partial charge in [-0.1, -0.05) is 22.8 Å². The number of hydrogen-bond donors (Lipinski definition) is 1. The van der Waals surface area contributed by atoms with Crippen molar-refractivity contribution in [1.29, 1.82) is 0 Å². The number of aliphatic hydroxyl groups excluding tert-OH is 1. The predicted molar refractivity (Wildman–Crippen MR) is 134 cm³/mol. The van der Waals surface area contributed by atoms with Crippen molar-refractivity contribution in [2.24, 2.45) is 0 Å². The Morgan fingerprint density at radius 1 is 1.11 bits per heavy atom. The van der Waals surface area contributed by atoms with Crippen LogP contribution >= 0.6 is 11.6 Å². The zero-order valence-electron chi connectivity index (χ0n) is 19.8. The summed E-state index contributed by atoms with van der Waals surface area (Å²) in [5, 5.41) is 14.6. The van der Waals surface area contributed by atoms with E-state index < -0.39 is 5.82 Å². The van der Waals surface area contributed by atoms with E-state index in [-0.39, 0.29) is 23.2 Å². The van der Waals surface area contributed by atoms with Crippen LogP contribution < -0.4 is 4.90 Å². The molecule has 0 bridgehead atoms. The summed E-state index contributed by atoms with van der Waals surface area (Å²) in [4.78, 5) is 7.41. The third kappa shape index (κ3) is 3.81. The van der Waals surface area contributed by atoms with Gasteiger partial charge in [0.05, 0.1) is 33.9 Å². The average Bonchev–Trinajstić information content (AvgIpc) is 3.61. The van der Waals surface area contributed by atoms with Gasteiger partial charge < -0.3 is 19.1 Å². The van der Waals surface area contributed by atoms with Crippen LogP contribution in [0.15, 0.2) is 40.9 Å². The molecule has 2 aliphatic rings. The van der Waals surface area contributed by atoms with Crippen LogP contribution in [0.3, 0.4) is 0 Å². The van der Waals surface area contributed by atoms with E-state index in [0.29, 0.717) is 6.42 Å². The molecular weight excluding hydrogens is 467 g/mol. The smallest absolute Gasteiger partial charge is 0.143 e. The first kappa shape index (κ1) is 22.6. The lowest BCUT2D eigenvalue weighted by atomic mass is 10.0. The van der Waals surface area contributed by atoms with Gasteiger partial charge in [0.15, 0.2) is 0 Å². The van der Waals surface area contributed by atoms with Crippen molar-refractivity contribution < 1.29 is 14.0 Å². The number of nitrogens with zero attached hydrogens (tertiary/aromatic N) is 4. The molecule has 1 aliphatic carbocycles. The van der Waals surface area contributed by atoms with Crippen LogP contribution in [0.5, 0.6) is 0 Å². The second kappa shape index (κ2) is 8.64. The van der Waals surface area contributed by atoms with Crippen LogP contribution in [-0.2, 0) is 0 Å². The molecule has 0 unspecified atom stereocenters. The zero-order chi connectivity index (χ0) is 24.3. The third-order valence-electron chi connectivity index (χ3n) is 7.57. The van der Waals surface area contributed by atoms with Crippen LogP contribution in [0.1, 0.15) is 61.5 Å². The number of anilines is 1. The predicted octanol–water partition coefficient (Wildman–Crippen LogP) is 6.53. The molecule has 1 saturated heterocycles. The Bertz CT molecular complexity index is 1390. The minimum absolute atomic E-state index is 0.0169. The van der Waals surface area contributed by atoms with E-state index in [0.717, 1.165) is 77.4 Å². The highest BCUT2D eigenvalue weighted by Gasteiger charge is 2.35. The Hall–Kier alpha value is -2.90. The molecule has 3 heterocycles. The molecule has 0 radical (unpaired) electrons. The molecule has 0 amide bonds. The van der Waals surface area contributed by atoms with Crippen LogP contribution in [0.4, 0.5) is 10.1 Å². The molecule has 3 atom stereocenters. The summed E-state index contributed by atoms with van der Waals surface area (Å²) < 4.78 is 22.0. The first-order chi connectivity index (χ1) is 16.9. The van der Waals surface area contributed by atoms with Crippen molar-refractivity contribution in [2.75, 3.05) is 11.4 Å². The van der Waals surface area contributed by atoms with Gasteiger partial charge in [0.2, 0.25) is 0 Å². The fourth-order valence-electron chi connectivity index (χ4n) is 5.96. The van der Waals surface area contributed by atoms with E-state index in [4.69, 9.17) is 21.1 Å². The molecule has 1 saturated carbocycles. The number of aliphatic hydroxyl groups is 1. The lowest BCUT2D eigenvalue weighted by Gasteiger charge is -2.28. The highest BCUT2D eigenvalue weighted by Crippen LogP contribution is 2.42. The number of fused-ring (bicyclic) bond motifs is 1. The van der Waals surface area contributed by atoms with Gasteiger partial charge in [-0.15, -0.1) is 0 Å². The number of aromatic nitrogens is 3. The lowest BCUT2D eigenvalue weighted by Crippen LogP contribution is -2.26. The average molecular weight is 495 g/mol. The molecule has 2 aromatic carbocycles. The number of hydrogen-bond acceptors (Lipinski definition) is 5. The van der Waals surface area contributed by atoms with E-state index in [1.165, 1.54) is 6.07 Å². The van der Waals surface area contributed by atoms with Crippen molar-refractivity contribution in [3.8, 4) is 11.1 Å². The second-order valence-corrected chi connectivity index (χ2v) is 10.2. The monoisotopic (exact) mass is 494 g/mol. The highest BCUT2D eigenvalue weighted by atomic mass is 35.5. The minimum atomic E-state index is -0.411. The van der Waals surface area contributed by atoms with E-state index in [2.05, 4.69) is 32.8 Å². The quantitative estimate of drug-likeness (QED) is 0.349. The molecule has 2 fully saturated rings. The molecule has 0 spiro atoms. The van der Waals surface area contributed by atoms with Gasteiger partial charge in [0, 0.05) is 23.8 Å². The van der Waals surface area contributed by atoms with Gasteiger partial charge >= 0.3 is 0 Å². The van der Waals surface area contributed by atoms with Crippen molar-refractivity contribution >= 4 is 28.3 Å². The van der Waals surface area contributed by atoms with E-state index in [1.807, 2.05) is 19.9 Å². The van der Waals surface area contributed by atoms with Crippen LogP contribution in [-0.4, -0.2) is 32.5 Å². The SMILES string of the molecule is Cc1noc(C)c1-c1ccc2c(c1)nc([C@@H]1CCCN1c1ccc(Cl)c(F)c1)n2[C@@H]1CC[C@@H](O)C1. The molecule has 1 N–H and O–H groups in total. The Balaban J connectivity index is 1.49. The summed E-state index contributed by atoms with van der Waals surface area (Å²) in [5.74, 6) is 1.35. The summed E-state index contributed by atoms with van der Waals surface area (Å²) >= 11 is 5.95. The van der Waals surface area contributed by atoms with Gasteiger partial charge in [0.1, 0.15) is 17.4 Å². The molecule has 6 nitrogen and oxygen atoms in total. The maximum Gasteiger partial charge on any atom is 0.143 e. The Morgan fingerprint density at radius 3 is 2.69 bits per heavy atom. The minimum Gasteiger partial charge on any atom is -0.393 e. The van der Waals surface area contributed by atoms with Crippen LogP contribution in [0.25, 0.3) is 22.2 Å². The summed E-state index contributed by atoms with van der Waals surface area (Å²) in [6.45, 7) is 4.69. The molecular formula is C27H28ClFN4O2. The molecule has 6 rings (SSSR count). The number of benzene rings is 2.